The molecule has 0 amide bonds. The zero-order valence-electron chi connectivity index (χ0n) is 14.5. The third-order valence-electron chi connectivity index (χ3n) is 4.80. The summed E-state index contributed by atoms with van der Waals surface area (Å²) < 4.78 is 16.5. The van der Waals surface area contributed by atoms with E-state index in [9.17, 15) is 4.79 Å². The summed E-state index contributed by atoms with van der Waals surface area (Å²) in [5, 5.41) is 0.939. The van der Waals surface area contributed by atoms with Crippen molar-refractivity contribution in [3.8, 4) is 22.6 Å². The van der Waals surface area contributed by atoms with Crippen LogP contribution in [-0.4, -0.2) is 6.79 Å². The zero-order chi connectivity index (χ0) is 18.2. The minimum atomic E-state index is -0.323. The van der Waals surface area contributed by atoms with Gasteiger partial charge in [0.15, 0.2) is 11.5 Å². The Balaban J connectivity index is 1.73. The summed E-state index contributed by atoms with van der Waals surface area (Å²) in [6, 6.07) is 23.2. The second-order valence-electron chi connectivity index (χ2n) is 6.47. The van der Waals surface area contributed by atoms with E-state index in [1.165, 1.54) is 0 Å². The Bertz CT molecular complexity index is 1190. The molecule has 0 unspecified atom stereocenters. The smallest absolute Gasteiger partial charge is 0.344 e. The highest BCUT2D eigenvalue weighted by molar-refractivity contribution is 5.87. The molecule has 0 spiro atoms. The molecule has 0 N–H and O–H groups in total. The van der Waals surface area contributed by atoms with Gasteiger partial charge in [-0.1, -0.05) is 54.6 Å². The Hall–Kier alpha value is -3.53. The first kappa shape index (κ1) is 15.7. The first-order valence-electron chi connectivity index (χ1n) is 8.78. The van der Waals surface area contributed by atoms with E-state index in [-0.39, 0.29) is 12.4 Å². The third kappa shape index (κ3) is 2.75. The Kier molecular flexibility index (Phi) is 3.68. The third-order valence-corrected chi connectivity index (χ3v) is 4.80. The Labute approximate surface area is 155 Å². The van der Waals surface area contributed by atoms with Crippen LogP contribution < -0.4 is 15.1 Å². The zero-order valence-corrected chi connectivity index (χ0v) is 14.5. The second kappa shape index (κ2) is 6.32. The lowest BCUT2D eigenvalue weighted by molar-refractivity contribution is 0.174. The molecule has 1 aliphatic heterocycles. The van der Waals surface area contributed by atoms with Crippen LogP contribution in [0.1, 0.15) is 11.1 Å². The van der Waals surface area contributed by atoms with E-state index in [1.54, 1.807) is 0 Å². The fraction of sp³-hybridized carbons (Fsp3) is 0.0870. The lowest BCUT2D eigenvalue weighted by Gasteiger charge is -2.12. The van der Waals surface area contributed by atoms with Crippen LogP contribution in [0.5, 0.6) is 11.5 Å². The van der Waals surface area contributed by atoms with E-state index in [1.807, 2.05) is 72.8 Å². The average molecular weight is 356 g/mol. The highest BCUT2D eigenvalue weighted by Crippen LogP contribution is 2.35. The predicted molar refractivity (Wildman–Crippen MR) is 103 cm³/mol. The summed E-state index contributed by atoms with van der Waals surface area (Å²) in [5.41, 5.74) is 3.73. The van der Waals surface area contributed by atoms with Gasteiger partial charge in [-0.25, -0.2) is 4.79 Å². The van der Waals surface area contributed by atoms with Gasteiger partial charge in [0.25, 0.3) is 0 Å². The van der Waals surface area contributed by atoms with Gasteiger partial charge in [0, 0.05) is 5.39 Å². The molecule has 2 heterocycles. The highest BCUT2D eigenvalue weighted by Gasteiger charge is 2.18. The topological polar surface area (TPSA) is 48.7 Å². The molecular weight excluding hydrogens is 340 g/mol. The number of rotatable bonds is 3. The van der Waals surface area contributed by atoms with Crippen molar-refractivity contribution >= 4 is 11.0 Å². The molecule has 4 heteroatoms. The van der Waals surface area contributed by atoms with Crippen LogP contribution in [0.3, 0.4) is 0 Å². The Morgan fingerprint density at radius 1 is 0.815 bits per heavy atom. The van der Waals surface area contributed by atoms with Crippen LogP contribution in [0.25, 0.3) is 22.1 Å². The average Bonchev–Trinajstić information content (AvgIpc) is 3.16. The summed E-state index contributed by atoms with van der Waals surface area (Å²) >= 11 is 0. The number of ether oxygens (including phenoxy) is 2. The molecule has 0 saturated heterocycles. The normalized spacial score (nSPS) is 12.4. The summed E-state index contributed by atoms with van der Waals surface area (Å²) in [7, 11) is 0. The fourth-order valence-corrected chi connectivity index (χ4v) is 3.55. The van der Waals surface area contributed by atoms with Crippen LogP contribution >= 0.6 is 0 Å². The van der Waals surface area contributed by atoms with E-state index in [4.69, 9.17) is 13.9 Å². The van der Waals surface area contributed by atoms with Gasteiger partial charge < -0.3 is 13.9 Å². The van der Waals surface area contributed by atoms with E-state index < -0.39 is 0 Å². The predicted octanol–water partition coefficient (Wildman–Crippen LogP) is 4.78. The van der Waals surface area contributed by atoms with Crippen LogP contribution in [0.4, 0.5) is 0 Å². The molecule has 27 heavy (non-hydrogen) atoms. The first-order chi connectivity index (χ1) is 13.3. The number of benzene rings is 3. The summed E-state index contributed by atoms with van der Waals surface area (Å²) in [4.78, 5) is 12.8. The molecular formula is C23H16O4. The van der Waals surface area contributed by atoms with E-state index >= 15 is 0 Å². The monoisotopic (exact) mass is 356 g/mol. The first-order valence-corrected chi connectivity index (χ1v) is 8.78. The standard InChI is InChI=1S/C23H16O4/c24-23-22(16-6-2-1-3-7-16)18(17-8-4-5-9-19(17)27-23)12-15-10-11-20-21(13-15)26-14-25-20/h1-11,13H,12,14H2. The summed E-state index contributed by atoms with van der Waals surface area (Å²) in [6.45, 7) is 0.242. The van der Waals surface area contributed by atoms with Crippen molar-refractivity contribution in [3.05, 3.63) is 94.3 Å². The van der Waals surface area contributed by atoms with Crippen molar-refractivity contribution in [3.63, 3.8) is 0 Å². The minimum Gasteiger partial charge on any atom is -0.454 e. The maximum Gasteiger partial charge on any atom is 0.344 e. The van der Waals surface area contributed by atoms with Gasteiger partial charge in [-0.3, -0.25) is 0 Å². The highest BCUT2D eigenvalue weighted by atomic mass is 16.7. The number of fused-ring (bicyclic) bond motifs is 2. The Morgan fingerprint density at radius 2 is 1.59 bits per heavy atom. The maximum absolute atomic E-state index is 12.8. The molecule has 4 nitrogen and oxygen atoms in total. The van der Waals surface area contributed by atoms with Gasteiger partial charge in [0.1, 0.15) is 5.58 Å². The lowest BCUT2D eigenvalue weighted by atomic mass is 9.93. The van der Waals surface area contributed by atoms with Crippen molar-refractivity contribution < 1.29 is 13.9 Å². The van der Waals surface area contributed by atoms with Crippen LogP contribution in [-0.2, 0) is 6.42 Å². The minimum absolute atomic E-state index is 0.242. The van der Waals surface area contributed by atoms with E-state index in [2.05, 4.69) is 0 Å². The largest absolute Gasteiger partial charge is 0.454 e. The molecule has 1 aliphatic rings. The maximum atomic E-state index is 12.8. The molecule has 1 aromatic heterocycles. The van der Waals surface area contributed by atoms with Crippen molar-refractivity contribution in [2.45, 2.75) is 6.42 Å². The van der Waals surface area contributed by atoms with Crippen molar-refractivity contribution in [1.82, 2.24) is 0 Å². The van der Waals surface area contributed by atoms with Crippen molar-refractivity contribution in [2.24, 2.45) is 0 Å². The SMILES string of the molecule is O=c1oc2ccccc2c(Cc2ccc3c(c2)OCO3)c1-c1ccccc1. The van der Waals surface area contributed by atoms with E-state index in [0.29, 0.717) is 17.6 Å². The lowest BCUT2D eigenvalue weighted by Crippen LogP contribution is -2.08. The fourth-order valence-electron chi connectivity index (χ4n) is 3.55. The molecule has 0 bridgehead atoms. The molecule has 0 atom stereocenters. The van der Waals surface area contributed by atoms with Crippen LogP contribution in [0.2, 0.25) is 0 Å². The van der Waals surface area contributed by atoms with Gasteiger partial charge in [-0.15, -0.1) is 0 Å². The quantitative estimate of drug-likeness (QED) is 0.496. The van der Waals surface area contributed by atoms with Gasteiger partial charge in [-0.05, 0) is 41.3 Å². The van der Waals surface area contributed by atoms with Gasteiger partial charge in [-0.2, -0.15) is 0 Å². The molecule has 3 aromatic carbocycles. The molecule has 0 radical (unpaired) electrons. The van der Waals surface area contributed by atoms with Crippen LogP contribution in [0.15, 0.2) is 82.0 Å². The van der Waals surface area contributed by atoms with Gasteiger partial charge in [0.2, 0.25) is 6.79 Å². The second-order valence-corrected chi connectivity index (χ2v) is 6.47. The molecule has 0 saturated carbocycles. The number of para-hydroxylation sites is 1. The van der Waals surface area contributed by atoms with Crippen molar-refractivity contribution in [2.75, 3.05) is 6.79 Å². The molecule has 0 fully saturated rings. The molecule has 132 valence electrons. The Morgan fingerprint density at radius 3 is 2.48 bits per heavy atom. The van der Waals surface area contributed by atoms with E-state index in [0.717, 1.165) is 33.6 Å². The van der Waals surface area contributed by atoms with Gasteiger partial charge in [0.05, 0.1) is 5.56 Å². The number of hydrogen-bond acceptors (Lipinski definition) is 4. The molecule has 4 aromatic rings. The van der Waals surface area contributed by atoms with Gasteiger partial charge >= 0.3 is 5.63 Å². The molecule has 5 rings (SSSR count). The molecule has 0 aliphatic carbocycles. The summed E-state index contributed by atoms with van der Waals surface area (Å²) in [5.74, 6) is 1.49. The number of hydrogen-bond donors (Lipinski definition) is 0. The van der Waals surface area contributed by atoms with Crippen LogP contribution in [0, 0.1) is 0 Å². The van der Waals surface area contributed by atoms with Crippen molar-refractivity contribution in [1.29, 1.82) is 0 Å². The summed E-state index contributed by atoms with van der Waals surface area (Å²) in [6.07, 6.45) is 0.590.